The van der Waals surface area contributed by atoms with Crippen LogP contribution in [0.3, 0.4) is 0 Å². The molecule has 0 aliphatic carbocycles. The first-order valence-corrected chi connectivity index (χ1v) is 11.7. The van der Waals surface area contributed by atoms with Crippen LogP contribution in [0.25, 0.3) is 11.1 Å². The van der Waals surface area contributed by atoms with Gasteiger partial charge in [0.05, 0.1) is 22.7 Å². The molecule has 2 aliphatic rings. The average Bonchev–Trinajstić information content (AvgIpc) is 3.48. The van der Waals surface area contributed by atoms with Crippen molar-refractivity contribution in [2.75, 3.05) is 13.1 Å². The zero-order chi connectivity index (χ0) is 24.7. The van der Waals surface area contributed by atoms with Gasteiger partial charge in [-0.1, -0.05) is 18.2 Å². The van der Waals surface area contributed by atoms with Crippen molar-refractivity contribution < 1.29 is 40.3 Å². The van der Waals surface area contributed by atoms with Crippen LogP contribution in [0.4, 0.5) is 17.6 Å². The molecule has 3 aromatic rings. The molecule has 0 saturated carbocycles. The Balaban J connectivity index is 0.000000344. The van der Waals surface area contributed by atoms with E-state index in [0.717, 1.165) is 22.3 Å². The molecule has 3 heterocycles. The predicted octanol–water partition coefficient (Wildman–Crippen LogP) is 4.47. The van der Waals surface area contributed by atoms with E-state index in [1.807, 2.05) is 18.2 Å². The molecule has 6 nitrogen and oxygen atoms in total. The number of carboxylic acid groups (broad SMARTS) is 1. The molecule has 34 heavy (non-hydrogen) atoms. The van der Waals surface area contributed by atoms with Crippen LogP contribution in [0.15, 0.2) is 70.4 Å². The summed E-state index contributed by atoms with van der Waals surface area (Å²) < 4.78 is 76.1. The van der Waals surface area contributed by atoms with Gasteiger partial charge in [0, 0.05) is 31.1 Å². The Kier molecular flexibility index (Phi) is 6.26. The van der Waals surface area contributed by atoms with Gasteiger partial charge in [0.2, 0.25) is 0 Å². The SMILES string of the molecule is O=C(O)C(F)(F)F.O=S1(=O)c2ccc(-c3ccc(F)cc3)cc2C2CN(Cc3ccoc3)CC21. The molecule has 1 aromatic heterocycles. The van der Waals surface area contributed by atoms with Crippen LogP contribution in [-0.4, -0.2) is 48.9 Å². The minimum absolute atomic E-state index is 0.0303. The highest BCUT2D eigenvalue weighted by molar-refractivity contribution is 7.92. The molecule has 2 aromatic carbocycles. The van der Waals surface area contributed by atoms with Gasteiger partial charge < -0.3 is 9.52 Å². The summed E-state index contributed by atoms with van der Waals surface area (Å²) in [6.07, 6.45) is -1.75. The van der Waals surface area contributed by atoms with Gasteiger partial charge in [0.15, 0.2) is 9.84 Å². The number of furan rings is 1. The highest BCUT2D eigenvalue weighted by Crippen LogP contribution is 2.46. The fourth-order valence-electron chi connectivity index (χ4n) is 4.32. The molecular formula is C23H19F4NO5S. The maximum Gasteiger partial charge on any atom is 0.490 e. The Morgan fingerprint density at radius 3 is 2.29 bits per heavy atom. The quantitative estimate of drug-likeness (QED) is 0.537. The van der Waals surface area contributed by atoms with Gasteiger partial charge in [-0.05, 0) is 47.0 Å². The number of alkyl halides is 3. The lowest BCUT2D eigenvalue weighted by atomic mass is 9.94. The van der Waals surface area contributed by atoms with E-state index in [4.69, 9.17) is 14.3 Å². The monoisotopic (exact) mass is 497 g/mol. The third kappa shape index (κ3) is 4.71. The molecule has 2 aliphatic heterocycles. The average molecular weight is 497 g/mol. The van der Waals surface area contributed by atoms with Gasteiger partial charge in [-0.3, -0.25) is 4.90 Å². The van der Waals surface area contributed by atoms with Crippen LogP contribution in [0.2, 0.25) is 0 Å². The molecule has 5 rings (SSSR count). The number of carboxylic acids is 1. The van der Waals surface area contributed by atoms with E-state index in [2.05, 4.69) is 4.90 Å². The van der Waals surface area contributed by atoms with Gasteiger partial charge >= 0.3 is 12.1 Å². The van der Waals surface area contributed by atoms with Crippen molar-refractivity contribution in [1.82, 2.24) is 4.90 Å². The Bertz CT molecular complexity index is 1290. The zero-order valence-electron chi connectivity index (χ0n) is 17.5. The Morgan fingerprint density at radius 1 is 1.06 bits per heavy atom. The van der Waals surface area contributed by atoms with E-state index < -0.39 is 27.2 Å². The van der Waals surface area contributed by atoms with Crippen LogP contribution in [0.5, 0.6) is 0 Å². The van der Waals surface area contributed by atoms with Gasteiger partial charge in [-0.2, -0.15) is 13.2 Å². The van der Waals surface area contributed by atoms with Crippen molar-refractivity contribution in [2.24, 2.45) is 0 Å². The van der Waals surface area contributed by atoms with Crippen molar-refractivity contribution >= 4 is 15.8 Å². The summed E-state index contributed by atoms with van der Waals surface area (Å²) in [5, 5.41) is 6.72. The number of nitrogens with zero attached hydrogens (tertiary/aromatic N) is 1. The second-order valence-electron chi connectivity index (χ2n) is 8.08. The number of rotatable bonds is 3. The van der Waals surface area contributed by atoms with Crippen molar-refractivity contribution in [3.63, 3.8) is 0 Å². The van der Waals surface area contributed by atoms with Gasteiger partial charge in [0.1, 0.15) is 5.82 Å². The highest BCUT2D eigenvalue weighted by atomic mass is 32.2. The lowest BCUT2D eigenvalue weighted by Crippen LogP contribution is -2.25. The predicted molar refractivity (Wildman–Crippen MR) is 113 cm³/mol. The molecule has 2 unspecified atom stereocenters. The summed E-state index contributed by atoms with van der Waals surface area (Å²) in [6, 6.07) is 13.7. The summed E-state index contributed by atoms with van der Waals surface area (Å²) in [4.78, 5) is 11.5. The molecule has 0 amide bonds. The van der Waals surface area contributed by atoms with Crippen LogP contribution >= 0.6 is 0 Å². The highest BCUT2D eigenvalue weighted by Gasteiger charge is 2.50. The molecule has 1 saturated heterocycles. The van der Waals surface area contributed by atoms with Gasteiger partial charge in [-0.15, -0.1) is 0 Å². The van der Waals surface area contributed by atoms with Crippen LogP contribution in [-0.2, 0) is 21.2 Å². The Morgan fingerprint density at radius 2 is 1.71 bits per heavy atom. The molecule has 2 atom stereocenters. The van der Waals surface area contributed by atoms with E-state index >= 15 is 0 Å². The molecule has 180 valence electrons. The zero-order valence-corrected chi connectivity index (χ0v) is 18.3. The van der Waals surface area contributed by atoms with Crippen LogP contribution in [0.1, 0.15) is 17.0 Å². The maximum absolute atomic E-state index is 13.2. The van der Waals surface area contributed by atoms with E-state index in [0.29, 0.717) is 24.5 Å². The largest absolute Gasteiger partial charge is 0.490 e. The minimum Gasteiger partial charge on any atom is -0.475 e. The molecule has 1 fully saturated rings. The molecule has 11 heteroatoms. The van der Waals surface area contributed by atoms with Crippen LogP contribution < -0.4 is 0 Å². The number of fused-ring (bicyclic) bond motifs is 3. The molecule has 0 spiro atoms. The first kappa shape index (κ1) is 24.0. The standard InChI is InChI=1S/C21H18FNO3S.C2HF3O2/c22-17-4-1-15(2-5-17)16-3-6-20-18(9-16)19-11-23(10-14-7-8-26-13-14)12-21(19)27(20,24)25;3-2(4,5)1(6)7/h1-9,13,19,21H,10-12H2;(H,6,7). The molecular weight excluding hydrogens is 478 g/mol. The third-order valence-electron chi connectivity index (χ3n) is 5.86. The number of benzene rings is 2. The van der Waals surface area contributed by atoms with Crippen molar-refractivity contribution in [3.8, 4) is 11.1 Å². The van der Waals surface area contributed by atoms with E-state index in [1.165, 1.54) is 12.1 Å². The number of sulfone groups is 1. The van der Waals surface area contributed by atoms with Crippen molar-refractivity contribution in [3.05, 3.63) is 78.0 Å². The van der Waals surface area contributed by atoms with E-state index in [1.54, 1.807) is 30.7 Å². The third-order valence-corrected chi connectivity index (χ3v) is 8.12. The summed E-state index contributed by atoms with van der Waals surface area (Å²) in [7, 11) is -3.33. The topological polar surface area (TPSA) is 87.8 Å². The number of likely N-dealkylation sites (tertiary alicyclic amines) is 1. The Hall–Kier alpha value is -3.18. The number of aliphatic carboxylic acids is 1. The number of hydrogen-bond donors (Lipinski definition) is 1. The van der Waals surface area contributed by atoms with Gasteiger partial charge in [0.25, 0.3) is 0 Å². The fourth-order valence-corrected chi connectivity index (χ4v) is 6.51. The number of carbonyl (C=O) groups is 1. The van der Waals surface area contributed by atoms with Crippen LogP contribution in [0, 0.1) is 5.82 Å². The maximum atomic E-state index is 13.2. The Labute approximate surface area is 192 Å². The van der Waals surface area contributed by atoms with Crippen molar-refractivity contribution in [1.29, 1.82) is 0 Å². The second kappa shape index (κ2) is 8.88. The smallest absolute Gasteiger partial charge is 0.475 e. The summed E-state index contributed by atoms with van der Waals surface area (Å²) in [5.41, 5.74) is 3.73. The summed E-state index contributed by atoms with van der Waals surface area (Å²) in [6.45, 7) is 1.92. The molecule has 0 radical (unpaired) electrons. The molecule has 1 N–H and O–H groups in total. The van der Waals surface area contributed by atoms with E-state index in [-0.39, 0.29) is 11.7 Å². The number of hydrogen-bond acceptors (Lipinski definition) is 5. The lowest BCUT2D eigenvalue weighted by Gasteiger charge is -2.16. The first-order chi connectivity index (χ1) is 16.0. The first-order valence-electron chi connectivity index (χ1n) is 10.1. The number of halogens is 4. The second-order valence-corrected chi connectivity index (χ2v) is 10.2. The van der Waals surface area contributed by atoms with E-state index in [9.17, 15) is 26.0 Å². The summed E-state index contributed by atoms with van der Waals surface area (Å²) in [5.74, 6) is -3.07. The lowest BCUT2D eigenvalue weighted by molar-refractivity contribution is -0.192. The van der Waals surface area contributed by atoms with Gasteiger partial charge in [-0.25, -0.2) is 17.6 Å². The molecule has 0 bridgehead atoms. The van der Waals surface area contributed by atoms with Crippen molar-refractivity contribution in [2.45, 2.75) is 28.8 Å². The summed E-state index contributed by atoms with van der Waals surface area (Å²) >= 11 is 0. The normalized spacial score (nSPS) is 20.8. The minimum atomic E-state index is -5.08. The fraction of sp³-hybridized carbons (Fsp3) is 0.261.